The minimum absolute atomic E-state index is 0.130. The Morgan fingerprint density at radius 1 is 1.09 bits per heavy atom. The third-order valence-electron chi connectivity index (χ3n) is 2.66. The van der Waals surface area contributed by atoms with Crippen LogP contribution in [0.1, 0.15) is 10.4 Å². The number of amides is 1. The van der Waals surface area contributed by atoms with E-state index in [1.807, 2.05) is 0 Å². The first-order chi connectivity index (χ1) is 10.5. The Balaban J connectivity index is 1.90. The van der Waals surface area contributed by atoms with Crippen LogP contribution in [0.15, 0.2) is 46.9 Å². The SMILES string of the molecule is O=C(COC(=O)c1ccc(O)cc1O)Nc1ccc(Br)cc1. The van der Waals surface area contributed by atoms with Crippen molar-refractivity contribution in [2.45, 2.75) is 0 Å². The molecule has 0 unspecified atom stereocenters. The number of phenolic OH excluding ortho intramolecular Hbond substituents is 2. The lowest BCUT2D eigenvalue weighted by molar-refractivity contribution is -0.119. The van der Waals surface area contributed by atoms with Crippen LogP contribution in [-0.2, 0) is 9.53 Å². The number of ether oxygens (including phenoxy) is 1. The summed E-state index contributed by atoms with van der Waals surface area (Å²) in [5, 5.41) is 21.2. The summed E-state index contributed by atoms with van der Waals surface area (Å²) in [6, 6.07) is 10.4. The molecule has 0 aliphatic heterocycles. The van der Waals surface area contributed by atoms with Gasteiger partial charge in [-0.25, -0.2) is 4.79 Å². The molecule has 22 heavy (non-hydrogen) atoms. The summed E-state index contributed by atoms with van der Waals surface area (Å²) in [7, 11) is 0. The monoisotopic (exact) mass is 365 g/mol. The topological polar surface area (TPSA) is 95.9 Å². The summed E-state index contributed by atoms with van der Waals surface area (Å²) in [5.74, 6) is -1.96. The summed E-state index contributed by atoms with van der Waals surface area (Å²) >= 11 is 3.28. The molecule has 2 rings (SSSR count). The first kappa shape index (κ1) is 15.8. The molecular weight excluding hydrogens is 354 g/mol. The van der Waals surface area contributed by atoms with E-state index in [0.29, 0.717) is 5.69 Å². The number of nitrogens with one attached hydrogen (secondary N) is 1. The van der Waals surface area contributed by atoms with Crippen molar-refractivity contribution in [2.75, 3.05) is 11.9 Å². The lowest BCUT2D eigenvalue weighted by Gasteiger charge is -2.08. The summed E-state index contributed by atoms with van der Waals surface area (Å²) in [4.78, 5) is 23.4. The second-order valence-corrected chi connectivity index (χ2v) is 5.25. The third-order valence-corrected chi connectivity index (χ3v) is 3.19. The lowest BCUT2D eigenvalue weighted by atomic mass is 10.2. The number of esters is 1. The minimum atomic E-state index is -0.858. The molecule has 0 fully saturated rings. The highest BCUT2D eigenvalue weighted by molar-refractivity contribution is 9.10. The molecule has 114 valence electrons. The van der Waals surface area contributed by atoms with Gasteiger partial charge in [-0.05, 0) is 36.4 Å². The molecule has 0 saturated heterocycles. The number of phenols is 2. The van der Waals surface area contributed by atoms with E-state index >= 15 is 0 Å². The molecule has 0 aliphatic carbocycles. The molecule has 0 radical (unpaired) electrons. The number of rotatable bonds is 4. The average Bonchev–Trinajstić information content (AvgIpc) is 2.47. The highest BCUT2D eigenvalue weighted by atomic mass is 79.9. The lowest BCUT2D eigenvalue weighted by Crippen LogP contribution is -2.20. The van der Waals surface area contributed by atoms with Gasteiger partial charge in [-0.2, -0.15) is 0 Å². The van der Waals surface area contributed by atoms with Gasteiger partial charge in [-0.3, -0.25) is 4.79 Å². The van der Waals surface area contributed by atoms with Gasteiger partial charge >= 0.3 is 5.97 Å². The van der Waals surface area contributed by atoms with Crippen LogP contribution in [0.3, 0.4) is 0 Å². The third kappa shape index (κ3) is 4.23. The maximum Gasteiger partial charge on any atom is 0.342 e. The van der Waals surface area contributed by atoms with Crippen LogP contribution in [0.4, 0.5) is 5.69 Å². The van der Waals surface area contributed by atoms with E-state index < -0.39 is 24.2 Å². The Morgan fingerprint density at radius 3 is 2.41 bits per heavy atom. The van der Waals surface area contributed by atoms with Crippen LogP contribution >= 0.6 is 15.9 Å². The fourth-order valence-corrected chi connectivity index (χ4v) is 1.90. The number of carbonyl (C=O) groups is 2. The van der Waals surface area contributed by atoms with E-state index in [2.05, 4.69) is 21.2 Å². The Kier molecular flexibility index (Phi) is 5.00. The van der Waals surface area contributed by atoms with Gasteiger partial charge in [0.2, 0.25) is 0 Å². The minimum Gasteiger partial charge on any atom is -0.508 e. The molecule has 1 amide bonds. The van der Waals surface area contributed by atoms with E-state index in [0.717, 1.165) is 10.5 Å². The molecule has 0 aliphatic rings. The van der Waals surface area contributed by atoms with Gasteiger partial charge in [0, 0.05) is 16.2 Å². The van der Waals surface area contributed by atoms with Gasteiger partial charge in [0.1, 0.15) is 17.1 Å². The van der Waals surface area contributed by atoms with Crippen LogP contribution in [-0.4, -0.2) is 28.7 Å². The van der Waals surface area contributed by atoms with Gasteiger partial charge in [-0.15, -0.1) is 0 Å². The van der Waals surface area contributed by atoms with Crippen LogP contribution in [0.5, 0.6) is 11.5 Å². The summed E-state index contributed by atoms with van der Waals surface area (Å²) < 4.78 is 5.68. The second-order valence-electron chi connectivity index (χ2n) is 4.33. The number of halogens is 1. The fourth-order valence-electron chi connectivity index (χ4n) is 1.63. The van der Waals surface area contributed by atoms with Crippen LogP contribution in [0, 0.1) is 0 Å². The zero-order valence-electron chi connectivity index (χ0n) is 11.2. The summed E-state index contributed by atoms with van der Waals surface area (Å²) in [5.41, 5.74) is 0.436. The molecule has 0 aromatic heterocycles. The van der Waals surface area contributed by atoms with Crippen LogP contribution in [0.2, 0.25) is 0 Å². The van der Waals surface area contributed by atoms with E-state index in [1.54, 1.807) is 24.3 Å². The molecule has 0 spiro atoms. The predicted molar refractivity (Wildman–Crippen MR) is 82.8 cm³/mol. The smallest absolute Gasteiger partial charge is 0.342 e. The van der Waals surface area contributed by atoms with Crippen LogP contribution in [0.25, 0.3) is 0 Å². The van der Waals surface area contributed by atoms with Gasteiger partial charge in [0.05, 0.1) is 0 Å². The second kappa shape index (κ2) is 6.95. The quantitative estimate of drug-likeness (QED) is 0.723. The van der Waals surface area contributed by atoms with E-state index in [4.69, 9.17) is 9.84 Å². The molecule has 3 N–H and O–H groups in total. The molecule has 0 atom stereocenters. The number of aromatic hydroxyl groups is 2. The van der Waals surface area contributed by atoms with Gasteiger partial charge in [0.15, 0.2) is 6.61 Å². The van der Waals surface area contributed by atoms with Crippen molar-refractivity contribution in [3.05, 3.63) is 52.5 Å². The van der Waals surface area contributed by atoms with Crippen molar-refractivity contribution in [1.29, 1.82) is 0 Å². The maximum absolute atomic E-state index is 11.7. The molecule has 0 saturated carbocycles. The molecule has 0 bridgehead atoms. The van der Waals surface area contributed by atoms with Crippen LogP contribution < -0.4 is 5.32 Å². The Bertz CT molecular complexity index is 700. The Labute approximate surface area is 134 Å². The number of benzene rings is 2. The maximum atomic E-state index is 11.7. The van der Waals surface area contributed by atoms with E-state index in [1.165, 1.54) is 12.1 Å². The normalized spacial score (nSPS) is 10.0. The number of hydrogen-bond acceptors (Lipinski definition) is 5. The van der Waals surface area contributed by atoms with Gasteiger partial charge < -0.3 is 20.3 Å². The number of anilines is 1. The first-order valence-corrected chi connectivity index (χ1v) is 6.99. The zero-order valence-corrected chi connectivity index (χ0v) is 12.8. The highest BCUT2D eigenvalue weighted by Crippen LogP contribution is 2.23. The first-order valence-electron chi connectivity index (χ1n) is 6.20. The standard InChI is InChI=1S/C15H12BrNO5/c16-9-1-3-10(4-2-9)17-14(20)8-22-15(21)12-6-5-11(18)7-13(12)19/h1-7,18-19H,8H2,(H,17,20). The molecule has 0 heterocycles. The zero-order chi connectivity index (χ0) is 16.1. The number of carbonyl (C=O) groups excluding carboxylic acids is 2. The van der Waals surface area contributed by atoms with Crippen molar-refractivity contribution < 1.29 is 24.5 Å². The average molecular weight is 366 g/mol. The van der Waals surface area contributed by atoms with Crippen molar-refractivity contribution in [2.24, 2.45) is 0 Å². The largest absolute Gasteiger partial charge is 0.508 e. The van der Waals surface area contributed by atoms with Crippen molar-refractivity contribution >= 4 is 33.5 Å². The van der Waals surface area contributed by atoms with Gasteiger partial charge in [-0.1, -0.05) is 15.9 Å². The van der Waals surface area contributed by atoms with E-state index in [9.17, 15) is 14.7 Å². The Morgan fingerprint density at radius 2 is 1.77 bits per heavy atom. The number of hydrogen-bond donors (Lipinski definition) is 3. The molecular formula is C15H12BrNO5. The van der Waals surface area contributed by atoms with Crippen molar-refractivity contribution in [1.82, 2.24) is 0 Å². The van der Waals surface area contributed by atoms with Crippen molar-refractivity contribution in [3.63, 3.8) is 0 Å². The highest BCUT2D eigenvalue weighted by Gasteiger charge is 2.14. The molecule has 7 heteroatoms. The summed E-state index contributed by atoms with van der Waals surface area (Å²) in [6.07, 6.45) is 0. The van der Waals surface area contributed by atoms with Crippen molar-refractivity contribution in [3.8, 4) is 11.5 Å². The fraction of sp³-hybridized carbons (Fsp3) is 0.0667. The molecule has 2 aromatic rings. The predicted octanol–water partition coefficient (Wildman–Crippen LogP) is 2.66. The Hall–Kier alpha value is -2.54. The van der Waals surface area contributed by atoms with Gasteiger partial charge in [0.25, 0.3) is 5.91 Å². The summed E-state index contributed by atoms with van der Waals surface area (Å²) in [6.45, 7) is -0.491. The molecule has 6 nitrogen and oxygen atoms in total. The molecule has 2 aromatic carbocycles. The van der Waals surface area contributed by atoms with E-state index in [-0.39, 0.29) is 11.3 Å².